The summed E-state index contributed by atoms with van der Waals surface area (Å²) in [5, 5.41) is 10.9. The van der Waals surface area contributed by atoms with Gasteiger partial charge < -0.3 is 9.73 Å². The van der Waals surface area contributed by atoms with Gasteiger partial charge in [-0.25, -0.2) is 0 Å². The van der Waals surface area contributed by atoms with Crippen LogP contribution in [0, 0.1) is 6.92 Å². The van der Waals surface area contributed by atoms with Crippen molar-refractivity contribution in [1.29, 1.82) is 0 Å². The standard InChI is InChI=1S/C13H13N5O2S/c1-9-12(21-17-16-9)13(19)14-8-10(11-4-2-7-20-11)18-6-3-5-15-18/h2-7,10H,8H2,1H3,(H,14,19). The maximum Gasteiger partial charge on any atom is 0.265 e. The molecule has 0 spiro atoms. The van der Waals surface area contributed by atoms with Crippen molar-refractivity contribution in [2.45, 2.75) is 13.0 Å². The molecule has 0 saturated heterocycles. The molecule has 1 atom stereocenters. The highest BCUT2D eigenvalue weighted by Crippen LogP contribution is 2.17. The molecular weight excluding hydrogens is 290 g/mol. The van der Waals surface area contributed by atoms with Gasteiger partial charge in [-0.05, 0) is 36.7 Å². The molecule has 0 bridgehead atoms. The second kappa shape index (κ2) is 5.88. The molecule has 21 heavy (non-hydrogen) atoms. The zero-order chi connectivity index (χ0) is 14.7. The molecule has 8 heteroatoms. The summed E-state index contributed by atoms with van der Waals surface area (Å²) >= 11 is 1.09. The van der Waals surface area contributed by atoms with Crippen LogP contribution in [-0.4, -0.2) is 31.8 Å². The van der Waals surface area contributed by atoms with Crippen molar-refractivity contribution >= 4 is 17.4 Å². The highest BCUT2D eigenvalue weighted by Gasteiger charge is 2.20. The lowest BCUT2D eigenvalue weighted by atomic mass is 10.2. The summed E-state index contributed by atoms with van der Waals surface area (Å²) in [6, 6.07) is 5.30. The van der Waals surface area contributed by atoms with Crippen LogP contribution < -0.4 is 5.32 Å². The Morgan fingerprint density at radius 1 is 1.52 bits per heavy atom. The highest BCUT2D eigenvalue weighted by molar-refractivity contribution is 7.07. The highest BCUT2D eigenvalue weighted by atomic mass is 32.1. The first-order chi connectivity index (χ1) is 10.3. The monoisotopic (exact) mass is 303 g/mol. The summed E-state index contributed by atoms with van der Waals surface area (Å²) in [6.07, 6.45) is 5.12. The van der Waals surface area contributed by atoms with Gasteiger partial charge in [-0.2, -0.15) is 5.10 Å². The second-order valence-electron chi connectivity index (χ2n) is 4.41. The molecule has 1 unspecified atom stereocenters. The zero-order valence-electron chi connectivity index (χ0n) is 11.3. The van der Waals surface area contributed by atoms with Gasteiger partial charge in [0.1, 0.15) is 16.7 Å². The minimum atomic E-state index is -0.194. The third kappa shape index (κ3) is 2.84. The number of carbonyl (C=O) groups is 1. The van der Waals surface area contributed by atoms with Crippen LogP contribution >= 0.6 is 11.5 Å². The minimum absolute atomic E-state index is 0.189. The molecule has 3 rings (SSSR count). The van der Waals surface area contributed by atoms with Crippen LogP contribution in [0.4, 0.5) is 0 Å². The first-order valence-electron chi connectivity index (χ1n) is 6.35. The SMILES string of the molecule is Cc1nnsc1C(=O)NCC(c1ccco1)n1cccn1. The van der Waals surface area contributed by atoms with E-state index in [1.807, 2.05) is 24.4 Å². The minimum Gasteiger partial charge on any atom is -0.467 e. The fourth-order valence-electron chi connectivity index (χ4n) is 1.98. The Hall–Kier alpha value is -2.48. The fourth-order valence-corrected chi connectivity index (χ4v) is 2.55. The van der Waals surface area contributed by atoms with E-state index in [9.17, 15) is 4.79 Å². The smallest absolute Gasteiger partial charge is 0.265 e. The van der Waals surface area contributed by atoms with Gasteiger partial charge in [0.05, 0.1) is 12.0 Å². The topological polar surface area (TPSA) is 85.8 Å². The predicted molar refractivity (Wildman–Crippen MR) is 76.1 cm³/mol. The number of carbonyl (C=O) groups excluding carboxylic acids is 1. The lowest BCUT2D eigenvalue weighted by molar-refractivity contribution is 0.0951. The van der Waals surface area contributed by atoms with Crippen LogP contribution in [-0.2, 0) is 0 Å². The molecule has 1 amide bonds. The van der Waals surface area contributed by atoms with Crippen molar-refractivity contribution in [2.24, 2.45) is 0 Å². The van der Waals surface area contributed by atoms with Gasteiger partial charge >= 0.3 is 0 Å². The van der Waals surface area contributed by atoms with E-state index >= 15 is 0 Å². The third-order valence-corrected chi connectivity index (χ3v) is 3.86. The first-order valence-corrected chi connectivity index (χ1v) is 7.12. The van der Waals surface area contributed by atoms with Crippen molar-refractivity contribution in [3.63, 3.8) is 0 Å². The Morgan fingerprint density at radius 3 is 3.05 bits per heavy atom. The summed E-state index contributed by atoms with van der Waals surface area (Å²) in [5.41, 5.74) is 0.631. The van der Waals surface area contributed by atoms with Gasteiger partial charge in [-0.1, -0.05) is 4.49 Å². The van der Waals surface area contributed by atoms with Crippen LogP contribution in [0.25, 0.3) is 0 Å². The lowest BCUT2D eigenvalue weighted by Crippen LogP contribution is -2.31. The second-order valence-corrected chi connectivity index (χ2v) is 5.17. The Kier molecular flexibility index (Phi) is 3.78. The maximum atomic E-state index is 12.1. The number of aryl methyl sites for hydroxylation is 1. The average Bonchev–Trinajstić information content (AvgIpc) is 3.21. The largest absolute Gasteiger partial charge is 0.467 e. The fraction of sp³-hybridized carbons (Fsp3) is 0.231. The number of nitrogens with zero attached hydrogens (tertiary/aromatic N) is 4. The number of rotatable bonds is 5. The normalized spacial score (nSPS) is 12.2. The molecule has 0 saturated carbocycles. The molecule has 0 aliphatic heterocycles. The molecule has 0 aromatic carbocycles. The van der Waals surface area contributed by atoms with E-state index in [-0.39, 0.29) is 11.9 Å². The molecular formula is C13H13N5O2S. The van der Waals surface area contributed by atoms with Gasteiger partial charge in [0.25, 0.3) is 5.91 Å². The van der Waals surface area contributed by atoms with Crippen molar-refractivity contribution < 1.29 is 9.21 Å². The van der Waals surface area contributed by atoms with E-state index in [1.54, 1.807) is 24.1 Å². The quantitative estimate of drug-likeness (QED) is 0.774. The third-order valence-electron chi connectivity index (χ3n) is 3.03. The zero-order valence-corrected chi connectivity index (χ0v) is 12.1. The van der Waals surface area contributed by atoms with Crippen LogP contribution in [0.1, 0.15) is 27.2 Å². The lowest BCUT2D eigenvalue weighted by Gasteiger charge is -2.15. The van der Waals surface area contributed by atoms with E-state index in [0.29, 0.717) is 17.1 Å². The number of aromatic nitrogens is 4. The molecule has 0 aliphatic carbocycles. The number of amides is 1. The van der Waals surface area contributed by atoms with Gasteiger partial charge in [0, 0.05) is 18.9 Å². The Balaban J connectivity index is 1.74. The Morgan fingerprint density at radius 2 is 2.43 bits per heavy atom. The Labute approximate surface area is 124 Å². The summed E-state index contributed by atoms with van der Waals surface area (Å²) < 4.78 is 10.9. The number of furan rings is 1. The van der Waals surface area contributed by atoms with Gasteiger partial charge in [-0.15, -0.1) is 5.10 Å². The van der Waals surface area contributed by atoms with Crippen molar-refractivity contribution in [3.8, 4) is 0 Å². The molecule has 0 aliphatic rings. The van der Waals surface area contributed by atoms with E-state index in [2.05, 4.69) is 20.0 Å². The van der Waals surface area contributed by atoms with Crippen LogP contribution in [0.15, 0.2) is 41.3 Å². The Bertz CT molecular complexity index is 671. The summed E-state index contributed by atoms with van der Waals surface area (Å²) in [5.74, 6) is 0.546. The molecule has 1 N–H and O–H groups in total. The maximum absolute atomic E-state index is 12.1. The van der Waals surface area contributed by atoms with Crippen molar-refractivity contribution in [1.82, 2.24) is 24.7 Å². The number of hydrogen-bond donors (Lipinski definition) is 1. The summed E-state index contributed by atoms with van der Waals surface area (Å²) in [7, 11) is 0. The molecule has 3 aromatic heterocycles. The number of hydrogen-bond acceptors (Lipinski definition) is 6. The molecule has 3 aromatic rings. The molecule has 0 radical (unpaired) electrons. The molecule has 108 valence electrons. The molecule has 7 nitrogen and oxygen atoms in total. The predicted octanol–water partition coefficient (Wildman–Crippen LogP) is 1.66. The van der Waals surface area contributed by atoms with Crippen molar-refractivity contribution in [2.75, 3.05) is 6.54 Å². The van der Waals surface area contributed by atoms with Gasteiger partial charge in [-0.3, -0.25) is 9.48 Å². The number of nitrogens with one attached hydrogen (secondary N) is 1. The van der Waals surface area contributed by atoms with Crippen LogP contribution in [0.2, 0.25) is 0 Å². The molecule has 3 heterocycles. The first kappa shape index (κ1) is 13.5. The summed E-state index contributed by atoms with van der Waals surface area (Å²) in [4.78, 5) is 12.7. The van der Waals surface area contributed by atoms with E-state index in [0.717, 1.165) is 17.3 Å². The van der Waals surface area contributed by atoms with E-state index in [1.165, 1.54) is 0 Å². The summed E-state index contributed by atoms with van der Waals surface area (Å²) in [6.45, 7) is 2.13. The van der Waals surface area contributed by atoms with Gasteiger partial charge in [0.2, 0.25) is 0 Å². The van der Waals surface area contributed by atoms with Gasteiger partial charge in [0.15, 0.2) is 0 Å². The van der Waals surface area contributed by atoms with E-state index < -0.39 is 0 Å². The average molecular weight is 303 g/mol. The molecule has 0 fully saturated rings. The van der Waals surface area contributed by atoms with E-state index in [4.69, 9.17) is 4.42 Å². The van der Waals surface area contributed by atoms with Crippen LogP contribution in [0.5, 0.6) is 0 Å². The van der Waals surface area contributed by atoms with Crippen molar-refractivity contribution in [3.05, 3.63) is 53.2 Å². The van der Waals surface area contributed by atoms with Crippen LogP contribution in [0.3, 0.4) is 0 Å².